The largest absolute Gasteiger partial charge is 0.278 e. The van der Waals surface area contributed by atoms with Crippen molar-refractivity contribution in [3.63, 3.8) is 0 Å². The van der Waals surface area contributed by atoms with Crippen molar-refractivity contribution < 1.29 is 4.79 Å². The van der Waals surface area contributed by atoms with E-state index in [9.17, 15) is 4.79 Å². The number of nitrogens with zero attached hydrogens (tertiary/aromatic N) is 3. The molecule has 4 rings (SSSR count). The molecule has 7 heteroatoms. The minimum Gasteiger partial charge on any atom is -0.278 e. The van der Waals surface area contributed by atoms with Crippen LogP contribution in [0.4, 0.5) is 11.4 Å². The van der Waals surface area contributed by atoms with E-state index in [0.717, 1.165) is 30.5 Å². The molecule has 2 aromatic carbocycles. The van der Waals surface area contributed by atoms with E-state index in [1.807, 2.05) is 48.2 Å². The van der Waals surface area contributed by atoms with Crippen LogP contribution in [0.5, 0.6) is 0 Å². The van der Waals surface area contributed by atoms with Gasteiger partial charge in [-0.1, -0.05) is 59.1 Å². The van der Waals surface area contributed by atoms with Crippen molar-refractivity contribution in [1.29, 1.82) is 0 Å². The van der Waals surface area contributed by atoms with Gasteiger partial charge in [-0.15, -0.1) is 10.2 Å². The molecule has 2 heterocycles. The van der Waals surface area contributed by atoms with Crippen LogP contribution in [0.3, 0.4) is 0 Å². The van der Waals surface area contributed by atoms with Crippen LogP contribution in [0.2, 0.25) is 0 Å². The number of amides is 1. The van der Waals surface area contributed by atoms with Crippen LogP contribution in [-0.4, -0.2) is 21.9 Å². The fraction of sp³-hybridized carbons (Fsp3) is 0.118. The number of rotatable bonds is 3. The molecule has 0 aliphatic carbocycles. The lowest BCUT2D eigenvalue weighted by molar-refractivity contribution is -0.115. The number of hydrogen-bond donors (Lipinski definition) is 0. The van der Waals surface area contributed by atoms with E-state index in [-0.39, 0.29) is 5.91 Å². The second-order valence-corrected chi connectivity index (χ2v) is 8.63. The Balaban J connectivity index is 1.65. The van der Waals surface area contributed by atoms with Gasteiger partial charge in [0.1, 0.15) is 5.01 Å². The second kappa shape index (κ2) is 6.58. The Labute approximate surface area is 152 Å². The van der Waals surface area contributed by atoms with E-state index in [1.165, 1.54) is 23.1 Å². The quantitative estimate of drug-likeness (QED) is 0.621. The number of anilines is 2. The number of fused-ring (bicyclic) bond motifs is 2. The van der Waals surface area contributed by atoms with Crippen LogP contribution in [0.25, 0.3) is 0 Å². The molecule has 1 aliphatic rings. The third-order valence-electron chi connectivity index (χ3n) is 3.51. The highest BCUT2D eigenvalue weighted by molar-refractivity contribution is 8.01. The van der Waals surface area contributed by atoms with Gasteiger partial charge in [-0.2, -0.15) is 0 Å². The summed E-state index contributed by atoms with van der Waals surface area (Å²) in [6.07, 6.45) is 0. The molecule has 3 aromatic rings. The summed E-state index contributed by atoms with van der Waals surface area (Å²) < 4.78 is 0.828. The first-order valence-corrected chi connectivity index (χ1v) is 9.96. The summed E-state index contributed by atoms with van der Waals surface area (Å²) in [7, 11) is 0. The van der Waals surface area contributed by atoms with Crippen molar-refractivity contribution in [2.24, 2.45) is 0 Å². The Morgan fingerprint density at radius 1 is 1.04 bits per heavy atom. The average Bonchev–Trinajstić information content (AvgIpc) is 3.03. The maximum atomic E-state index is 13.0. The molecule has 0 fully saturated rings. The molecule has 0 bridgehead atoms. The lowest BCUT2D eigenvalue weighted by Crippen LogP contribution is -2.29. The second-order valence-electron chi connectivity index (χ2n) is 5.14. The molecule has 0 radical (unpaired) electrons. The molecular weight excluding hydrogens is 358 g/mol. The SMILES string of the molecule is Cc1nnc(SCC(=O)N2c3ccccc3Sc3ccccc32)s1. The van der Waals surface area contributed by atoms with Crippen molar-refractivity contribution in [1.82, 2.24) is 10.2 Å². The van der Waals surface area contributed by atoms with Crippen molar-refractivity contribution in [3.8, 4) is 0 Å². The molecular formula is C17H13N3OS3. The molecule has 0 saturated heterocycles. The Kier molecular flexibility index (Phi) is 4.30. The topological polar surface area (TPSA) is 46.1 Å². The molecule has 1 aliphatic heterocycles. The van der Waals surface area contributed by atoms with E-state index in [1.54, 1.807) is 11.8 Å². The number of hydrogen-bond acceptors (Lipinski definition) is 6. The predicted octanol–water partition coefficient (Wildman–Crippen LogP) is 4.77. The molecule has 1 aromatic heterocycles. The normalized spacial score (nSPS) is 12.6. The fourth-order valence-electron chi connectivity index (χ4n) is 2.50. The summed E-state index contributed by atoms with van der Waals surface area (Å²) in [5.41, 5.74) is 1.89. The van der Waals surface area contributed by atoms with Gasteiger partial charge in [0.15, 0.2) is 4.34 Å². The summed E-state index contributed by atoms with van der Waals surface area (Å²) >= 11 is 4.65. The van der Waals surface area contributed by atoms with Crippen LogP contribution < -0.4 is 4.90 Å². The smallest absolute Gasteiger partial charge is 0.242 e. The van der Waals surface area contributed by atoms with Gasteiger partial charge in [0, 0.05) is 9.79 Å². The Morgan fingerprint density at radius 3 is 2.25 bits per heavy atom. The molecule has 24 heavy (non-hydrogen) atoms. The Morgan fingerprint density at radius 2 is 1.67 bits per heavy atom. The Hall–Kier alpha value is -1.83. The van der Waals surface area contributed by atoms with Crippen LogP contribution in [0.15, 0.2) is 62.7 Å². The van der Waals surface area contributed by atoms with Gasteiger partial charge in [0.25, 0.3) is 0 Å². The predicted molar refractivity (Wildman–Crippen MR) is 99.5 cm³/mol. The van der Waals surface area contributed by atoms with Gasteiger partial charge >= 0.3 is 0 Å². The molecule has 4 nitrogen and oxygen atoms in total. The lowest BCUT2D eigenvalue weighted by atomic mass is 10.2. The van der Waals surface area contributed by atoms with Crippen molar-refractivity contribution in [2.75, 3.05) is 10.7 Å². The summed E-state index contributed by atoms with van der Waals surface area (Å²) in [5, 5.41) is 8.99. The van der Waals surface area contributed by atoms with Gasteiger partial charge in [0.2, 0.25) is 5.91 Å². The highest BCUT2D eigenvalue weighted by Gasteiger charge is 2.27. The van der Waals surface area contributed by atoms with Gasteiger partial charge in [-0.3, -0.25) is 9.69 Å². The van der Waals surface area contributed by atoms with E-state index in [2.05, 4.69) is 22.3 Å². The first-order valence-electron chi connectivity index (χ1n) is 7.34. The number of aryl methyl sites for hydroxylation is 1. The summed E-state index contributed by atoms with van der Waals surface area (Å²) in [5.74, 6) is 0.384. The number of para-hydroxylation sites is 2. The average molecular weight is 372 g/mol. The van der Waals surface area contributed by atoms with E-state index < -0.39 is 0 Å². The van der Waals surface area contributed by atoms with Crippen LogP contribution in [-0.2, 0) is 4.79 Å². The minimum absolute atomic E-state index is 0.0491. The van der Waals surface area contributed by atoms with Crippen LogP contribution >= 0.6 is 34.9 Å². The lowest BCUT2D eigenvalue weighted by Gasteiger charge is -2.30. The van der Waals surface area contributed by atoms with Crippen molar-refractivity contribution in [3.05, 3.63) is 53.5 Å². The van der Waals surface area contributed by atoms with Gasteiger partial charge in [0.05, 0.1) is 17.1 Å². The number of thioether (sulfide) groups is 1. The van der Waals surface area contributed by atoms with Gasteiger partial charge in [-0.05, 0) is 31.2 Å². The number of aromatic nitrogens is 2. The molecule has 0 saturated carbocycles. The first-order chi connectivity index (χ1) is 11.7. The van der Waals surface area contributed by atoms with Gasteiger partial charge in [-0.25, -0.2) is 0 Å². The molecule has 120 valence electrons. The zero-order chi connectivity index (χ0) is 16.5. The zero-order valence-corrected chi connectivity index (χ0v) is 15.3. The summed E-state index contributed by atoms with van der Waals surface area (Å²) in [6, 6.07) is 16.0. The van der Waals surface area contributed by atoms with Crippen LogP contribution in [0.1, 0.15) is 5.01 Å². The van der Waals surface area contributed by atoms with Crippen molar-refractivity contribution in [2.45, 2.75) is 21.1 Å². The number of benzene rings is 2. The van der Waals surface area contributed by atoms with Crippen molar-refractivity contribution >= 4 is 52.1 Å². The number of carbonyl (C=O) groups is 1. The Bertz CT molecular complexity index is 864. The molecule has 0 atom stereocenters. The third-order valence-corrected chi connectivity index (χ3v) is 6.60. The standard InChI is InChI=1S/C17H13N3OS3/c1-11-18-19-17(23-11)22-10-16(21)20-12-6-2-4-8-14(12)24-15-9-5-3-7-13(15)20/h2-9H,10H2,1H3. The maximum Gasteiger partial charge on any atom is 0.242 e. The zero-order valence-electron chi connectivity index (χ0n) is 12.8. The fourth-order valence-corrected chi connectivity index (χ4v) is 5.22. The highest BCUT2D eigenvalue weighted by atomic mass is 32.2. The third kappa shape index (κ3) is 2.94. The monoisotopic (exact) mass is 371 g/mol. The van der Waals surface area contributed by atoms with E-state index in [4.69, 9.17) is 0 Å². The molecule has 1 amide bonds. The minimum atomic E-state index is 0.0491. The molecule has 0 N–H and O–H groups in total. The molecule has 0 unspecified atom stereocenters. The van der Waals surface area contributed by atoms with E-state index in [0.29, 0.717) is 5.75 Å². The summed E-state index contributed by atoms with van der Waals surface area (Å²) in [4.78, 5) is 17.0. The van der Waals surface area contributed by atoms with Gasteiger partial charge < -0.3 is 0 Å². The highest BCUT2D eigenvalue weighted by Crippen LogP contribution is 2.48. The maximum absolute atomic E-state index is 13.0. The van der Waals surface area contributed by atoms with E-state index >= 15 is 0 Å². The van der Waals surface area contributed by atoms with Crippen LogP contribution in [0, 0.1) is 6.92 Å². The summed E-state index contributed by atoms with van der Waals surface area (Å²) in [6.45, 7) is 1.91. The first kappa shape index (κ1) is 15.7. The number of carbonyl (C=O) groups excluding carboxylic acids is 1. The molecule has 0 spiro atoms.